The SMILES string of the molecule is C/C=C(\C=C/C(C)OCC(C)(F)F)CO. The number of aliphatic hydroxyl groups is 1. The fraction of sp³-hybridized carbons (Fsp3) is 0.636. The first-order chi connectivity index (χ1) is 6.89. The molecule has 0 bridgehead atoms. The standard InChI is InChI=1S/C11H18F2O2/c1-4-10(7-14)6-5-9(2)15-8-11(3,12)13/h4-6,9,14H,7-8H2,1-3H3/b6-5-,10-4+. The zero-order chi connectivity index (χ0) is 11.9. The highest BCUT2D eigenvalue weighted by atomic mass is 19.3. The molecule has 2 nitrogen and oxygen atoms in total. The number of allylic oxidation sites excluding steroid dienone is 1. The minimum absolute atomic E-state index is 0.0658. The van der Waals surface area contributed by atoms with Gasteiger partial charge in [0.15, 0.2) is 0 Å². The molecule has 0 fully saturated rings. The van der Waals surface area contributed by atoms with E-state index in [0.29, 0.717) is 0 Å². The van der Waals surface area contributed by atoms with Gasteiger partial charge in [0.2, 0.25) is 0 Å². The van der Waals surface area contributed by atoms with Gasteiger partial charge in [-0.1, -0.05) is 18.2 Å². The molecule has 0 saturated carbocycles. The van der Waals surface area contributed by atoms with Crippen LogP contribution in [0.5, 0.6) is 0 Å². The largest absolute Gasteiger partial charge is 0.392 e. The summed E-state index contributed by atoms with van der Waals surface area (Å²) in [6.07, 6.45) is 4.66. The minimum Gasteiger partial charge on any atom is -0.392 e. The second-order valence-corrected chi connectivity index (χ2v) is 3.47. The summed E-state index contributed by atoms with van der Waals surface area (Å²) in [6.45, 7) is 3.62. The summed E-state index contributed by atoms with van der Waals surface area (Å²) in [6, 6.07) is 0. The van der Waals surface area contributed by atoms with E-state index < -0.39 is 18.6 Å². The first kappa shape index (κ1) is 14.3. The van der Waals surface area contributed by atoms with Crippen molar-refractivity contribution < 1.29 is 18.6 Å². The van der Waals surface area contributed by atoms with Crippen molar-refractivity contribution in [3.05, 3.63) is 23.8 Å². The molecule has 0 aromatic rings. The Labute approximate surface area is 89.2 Å². The van der Waals surface area contributed by atoms with Crippen molar-refractivity contribution >= 4 is 0 Å². The van der Waals surface area contributed by atoms with Gasteiger partial charge in [0.1, 0.15) is 6.61 Å². The summed E-state index contributed by atoms with van der Waals surface area (Å²) in [4.78, 5) is 0. The first-order valence-electron chi connectivity index (χ1n) is 4.82. The van der Waals surface area contributed by atoms with E-state index in [2.05, 4.69) is 0 Å². The van der Waals surface area contributed by atoms with Gasteiger partial charge in [0.25, 0.3) is 5.92 Å². The van der Waals surface area contributed by atoms with Crippen molar-refractivity contribution in [1.29, 1.82) is 0 Å². The summed E-state index contributed by atoms with van der Waals surface area (Å²) >= 11 is 0. The monoisotopic (exact) mass is 220 g/mol. The molecule has 0 aliphatic heterocycles. The topological polar surface area (TPSA) is 29.5 Å². The second-order valence-electron chi connectivity index (χ2n) is 3.47. The molecule has 88 valence electrons. The Morgan fingerprint density at radius 3 is 2.53 bits per heavy atom. The van der Waals surface area contributed by atoms with Crippen molar-refractivity contribution in [3.63, 3.8) is 0 Å². The molecular formula is C11H18F2O2. The quantitative estimate of drug-likeness (QED) is 0.697. The molecule has 1 atom stereocenters. The summed E-state index contributed by atoms with van der Waals surface area (Å²) < 4.78 is 29.7. The van der Waals surface area contributed by atoms with Gasteiger partial charge in [-0.2, -0.15) is 0 Å². The van der Waals surface area contributed by atoms with Gasteiger partial charge in [-0.05, 0) is 19.4 Å². The first-order valence-corrected chi connectivity index (χ1v) is 4.82. The predicted octanol–water partition coefficient (Wildman–Crippen LogP) is 2.54. The molecule has 15 heavy (non-hydrogen) atoms. The second kappa shape index (κ2) is 6.69. The molecule has 0 rings (SSSR count). The third-order valence-electron chi connectivity index (χ3n) is 1.73. The zero-order valence-electron chi connectivity index (χ0n) is 9.34. The molecule has 0 heterocycles. The van der Waals surface area contributed by atoms with E-state index in [1.165, 1.54) is 0 Å². The summed E-state index contributed by atoms with van der Waals surface area (Å²) in [5.74, 6) is -2.80. The van der Waals surface area contributed by atoms with Crippen LogP contribution in [-0.2, 0) is 4.74 Å². The van der Waals surface area contributed by atoms with Crippen LogP contribution in [0.25, 0.3) is 0 Å². The lowest BCUT2D eigenvalue weighted by Crippen LogP contribution is -2.21. The highest BCUT2D eigenvalue weighted by molar-refractivity contribution is 5.18. The molecule has 1 unspecified atom stereocenters. The van der Waals surface area contributed by atoms with Crippen molar-refractivity contribution in [1.82, 2.24) is 0 Å². The van der Waals surface area contributed by atoms with Crippen LogP contribution in [0.15, 0.2) is 23.8 Å². The summed E-state index contributed by atoms with van der Waals surface area (Å²) in [5, 5.41) is 8.82. The Kier molecular flexibility index (Phi) is 6.36. The molecule has 4 heteroatoms. The van der Waals surface area contributed by atoms with Crippen molar-refractivity contribution in [2.45, 2.75) is 32.8 Å². The Morgan fingerprint density at radius 1 is 1.53 bits per heavy atom. The molecule has 1 N–H and O–H groups in total. The highest BCUT2D eigenvalue weighted by Gasteiger charge is 2.21. The smallest absolute Gasteiger partial charge is 0.268 e. The van der Waals surface area contributed by atoms with Gasteiger partial charge >= 0.3 is 0 Å². The van der Waals surface area contributed by atoms with Crippen LogP contribution < -0.4 is 0 Å². The fourth-order valence-corrected chi connectivity index (χ4v) is 0.833. The van der Waals surface area contributed by atoms with Crippen LogP contribution in [0, 0.1) is 0 Å². The van der Waals surface area contributed by atoms with Gasteiger partial charge in [-0.3, -0.25) is 0 Å². The molecule has 0 amide bonds. The van der Waals surface area contributed by atoms with Gasteiger partial charge < -0.3 is 9.84 Å². The third-order valence-corrected chi connectivity index (χ3v) is 1.73. The molecule has 0 aromatic heterocycles. The number of ether oxygens (including phenoxy) is 1. The maximum absolute atomic E-state index is 12.4. The number of alkyl halides is 2. The summed E-state index contributed by atoms with van der Waals surface area (Å²) in [7, 11) is 0. The van der Waals surface area contributed by atoms with Gasteiger partial charge in [0.05, 0.1) is 12.7 Å². The molecule has 0 saturated heterocycles. The third kappa shape index (κ3) is 8.27. The number of halogens is 2. The van der Waals surface area contributed by atoms with Crippen molar-refractivity contribution in [2.75, 3.05) is 13.2 Å². The van der Waals surface area contributed by atoms with E-state index in [1.807, 2.05) is 0 Å². The zero-order valence-corrected chi connectivity index (χ0v) is 9.34. The van der Waals surface area contributed by atoms with E-state index in [0.717, 1.165) is 12.5 Å². The Hall–Kier alpha value is -0.740. The minimum atomic E-state index is -2.80. The average Bonchev–Trinajstić information content (AvgIpc) is 2.15. The van der Waals surface area contributed by atoms with Crippen LogP contribution in [0.4, 0.5) is 8.78 Å². The van der Waals surface area contributed by atoms with Crippen molar-refractivity contribution in [2.24, 2.45) is 0 Å². The van der Waals surface area contributed by atoms with E-state index in [1.54, 1.807) is 32.1 Å². The lowest BCUT2D eigenvalue weighted by atomic mass is 10.2. The van der Waals surface area contributed by atoms with E-state index >= 15 is 0 Å². The lowest BCUT2D eigenvalue weighted by Gasteiger charge is -2.13. The highest BCUT2D eigenvalue weighted by Crippen LogP contribution is 2.13. The number of hydrogen-bond donors (Lipinski definition) is 1. The number of hydrogen-bond acceptors (Lipinski definition) is 2. The van der Waals surface area contributed by atoms with Crippen molar-refractivity contribution in [3.8, 4) is 0 Å². The lowest BCUT2D eigenvalue weighted by molar-refractivity contribution is -0.0735. The molecule has 0 aliphatic rings. The Balaban J connectivity index is 3.98. The van der Waals surface area contributed by atoms with Gasteiger partial charge in [-0.15, -0.1) is 0 Å². The van der Waals surface area contributed by atoms with E-state index in [4.69, 9.17) is 9.84 Å². The molecular weight excluding hydrogens is 202 g/mol. The predicted molar refractivity (Wildman–Crippen MR) is 56.0 cm³/mol. The summed E-state index contributed by atoms with van der Waals surface area (Å²) in [5.41, 5.74) is 0.730. The number of aliphatic hydroxyl groups excluding tert-OH is 1. The van der Waals surface area contributed by atoms with Crippen LogP contribution in [0.3, 0.4) is 0 Å². The normalized spacial score (nSPS) is 16.0. The molecule has 0 aliphatic carbocycles. The van der Waals surface area contributed by atoms with Crippen LogP contribution in [-0.4, -0.2) is 30.3 Å². The number of rotatable bonds is 6. The maximum atomic E-state index is 12.4. The van der Waals surface area contributed by atoms with E-state index in [-0.39, 0.29) is 6.61 Å². The van der Waals surface area contributed by atoms with Crippen LogP contribution >= 0.6 is 0 Å². The van der Waals surface area contributed by atoms with Crippen LogP contribution in [0.2, 0.25) is 0 Å². The van der Waals surface area contributed by atoms with Crippen LogP contribution in [0.1, 0.15) is 20.8 Å². The Morgan fingerprint density at radius 2 is 2.13 bits per heavy atom. The van der Waals surface area contributed by atoms with Gasteiger partial charge in [0, 0.05) is 6.92 Å². The molecule has 0 spiro atoms. The molecule has 0 radical (unpaired) electrons. The van der Waals surface area contributed by atoms with E-state index in [9.17, 15) is 8.78 Å². The Bertz CT molecular complexity index is 229. The van der Waals surface area contributed by atoms with Gasteiger partial charge in [-0.25, -0.2) is 8.78 Å². The fourth-order valence-electron chi connectivity index (χ4n) is 0.833. The maximum Gasteiger partial charge on any atom is 0.268 e. The molecule has 0 aromatic carbocycles. The average molecular weight is 220 g/mol.